The van der Waals surface area contributed by atoms with Gasteiger partial charge in [0, 0.05) is 30.7 Å². The number of amides is 1. The summed E-state index contributed by atoms with van der Waals surface area (Å²) >= 11 is 0. The number of benzene rings is 3. The summed E-state index contributed by atoms with van der Waals surface area (Å²) in [6.07, 6.45) is 3.56. The van der Waals surface area contributed by atoms with Crippen molar-refractivity contribution in [2.24, 2.45) is 5.92 Å². The highest BCUT2D eigenvalue weighted by Crippen LogP contribution is 2.27. The van der Waals surface area contributed by atoms with Gasteiger partial charge in [-0.25, -0.2) is 0 Å². The molecule has 38 heavy (non-hydrogen) atoms. The van der Waals surface area contributed by atoms with Gasteiger partial charge >= 0.3 is 5.97 Å². The van der Waals surface area contributed by atoms with Gasteiger partial charge in [-0.3, -0.25) is 9.59 Å². The molecule has 3 atom stereocenters. The number of hydrogen-bond acceptors (Lipinski definition) is 5. The Bertz CT molecular complexity index is 1190. The van der Waals surface area contributed by atoms with E-state index in [-0.39, 0.29) is 30.4 Å². The number of carbonyl (C=O) groups excluding carboxylic acids is 2. The summed E-state index contributed by atoms with van der Waals surface area (Å²) in [4.78, 5) is 27.4. The third kappa shape index (κ3) is 6.50. The van der Waals surface area contributed by atoms with E-state index in [0.29, 0.717) is 37.5 Å². The number of esters is 1. The fourth-order valence-electron chi connectivity index (χ4n) is 5.56. The minimum Gasteiger partial charge on any atom is -0.461 e. The van der Waals surface area contributed by atoms with Crippen molar-refractivity contribution < 1.29 is 19.4 Å². The first kappa shape index (κ1) is 26.1. The highest BCUT2D eigenvalue weighted by Gasteiger charge is 2.31. The van der Waals surface area contributed by atoms with Crippen LogP contribution in [0, 0.1) is 5.92 Å². The van der Waals surface area contributed by atoms with E-state index in [0.717, 1.165) is 30.4 Å². The van der Waals surface area contributed by atoms with Crippen molar-refractivity contribution in [3.05, 3.63) is 107 Å². The fourth-order valence-corrected chi connectivity index (χ4v) is 5.56. The maximum absolute atomic E-state index is 13.1. The second-order valence-corrected chi connectivity index (χ2v) is 10.5. The van der Waals surface area contributed by atoms with Gasteiger partial charge in [-0.1, -0.05) is 72.8 Å². The average Bonchev–Trinajstić information content (AvgIpc) is 3.45. The van der Waals surface area contributed by atoms with Crippen LogP contribution in [0.4, 0.5) is 0 Å². The Balaban J connectivity index is 1.07. The molecular formula is C32H36N2O4. The van der Waals surface area contributed by atoms with Crippen molar-refractivity contribution in [3.8, 4) is 0 Å². The fraction of sp³-hybridized carbons (Fsp3) is 0.375. The summed E-state index contributed by atoms with van der Waals surface area (Å²) in [5.41, 5.74) is 3.77. The zero-order chi connectivity index (χ0) is 26.3. The van der Waals surface area contributed by atoms with E-state index in [1.54, 1.807) is 0 Å². The van der Waals surface area contributed by atoms with Crippen molar-refractivity contribution in [1.29, 1.82) is 0 Å². The van der Waals surface area contributed by atoms with Gasteiger partial charge < -0.3 is 20.1 Å². The maximum atomic E-state index is 13.1. The second kappa shape index (κ2) is 12.4. The molecule has 2 heterocycles. The summed E-state index contributed by atoms with van der Waals surface area (Å²) < 4.78 is 5.50. The Morgan fingerprint density at radius 2 is 1.50 bits per heavy atom. The molecule has 2 fully saturated rings. The molecule has 3 aromatic carbocycles. The molecular weight excluding hydrogens is 476 g/mol. The van der Waals surface area contributed by atoms with Crippen LogP contribution in [0.1, 0.15) is 58.8 Å². The number of hydrogen-bond donors (Lipinski definition) is 2. The zero-order valence-electron chi connectivity index (χ0n) is 21.7. The molecule has 6 heteroatoms. The SMILES string of the molecule is O=C(OCc1ccccc1)C1CCN(C(=O)c2ccc(C[C@@H]3CC[C@H]([C@H](O)c4ccccc4)N3)cc2)CC1. The van der Waals surface area contributed by atoms with Crippen LogP contribution in [0.3, 0.4) is 0 Å². The number of ether oxygens (including phenoxy) is 1. The highest BCUT2D eigenvalue weighted by molar-refractivity contribution is 5.94. The molecule has 0 aromatic heterocycles. The monoisotopic (exact) mass is 512 g/mol. The van der Waals surface area contributed by atoms with Gasteiger partial charge in [0.25, 0.3) is 5.91 Å². The number of aliphatic hydroxyl groups is 1. The van der Waals surface area contributed by atoms with Gasteiger partial charge in [-0.2, -0.15) is 0 Å². The molecule has 198 valence electrons. The van der Waals surface area contributed by atoms with Crippen LogP contribution < -0.4 is 5.32 Å². The normalized spacial score (nSPS) is 20.7. The number of likely N-dealkylation sites (tertiary alicyclic amines) is 1. The zero-order valence-corrected chi connectivity index (χ0v) is 21.7. The molecule has 0 saturated carbocycles. The number of piperidine rings is 1. The van der Waals surface area contributed by atoms with Gasteiger partial charge in [0.15, 0.2) is 0 Å². The van der Waals surface area contributed by atoms with E-state index in [9.17, 15) is 14.7 Å². The van der Waals surface area contributed by atoms with Gasteiger partial charge in [-0.05, 0) is 60.9 Å². The molecule has 2 saturated heterocycles. The molecule has 0 unspecified atom stereocenters. The molecule has 2 aliphatic rings. The Hall–Kier alpha value is -3.48. The van der Waals surface area contributed by atoms with Crippen LogP contribution in [-0.2, 0) is 22.6 Å². The van der Waals surface area contributed by atoms with E-state index >= 15 is 0 Å². The molecule has 0 aliphatic carbocycles. The average molecular weight is 513 g/mol. The van der Waals surface area contributed by atoms with Crippen LogP contribution in [-0.4, -0.2) is 47.1 Å². The number of nitrogens with zero attached hydrogens (tertiary/aromatic N) is 1. The van der Waals surface area contributed by atoms with Crippen molar-refractivity contribution in [3.63, 3.8) is 0 Å². The number of aliphatic hydroxyl groups excluding tert-OH is 1. The Labute approximate surface area is 224 Å². The molecule has 5 rings (SSSR count). The van der Waals surface area contributed by atoms with E-state index in [1.807, 2.05) is 89.8 Å². The number of carbonyl (C=O) groups is 2. The molecule has 2 N–H and O–H groups in total. The molecule has 1 amide bonds. The molecule has 0 bridgehead atoms. The van der Waals surface area contributed by atoms with E-state index in [1.165, 1.54) is 5.56 Å². The lowest BCUT2D eigenvalue weighted by Crippen LogP contribution is -2.40. The number of rotatable bonds is 8. The lowest BCUT2D eigenvalue weighted by molar-refractivity contribution is -0.151. The Morgan fingerprint density at radius 3 is 2.18 bits per heavy atom. The van der Waals surface area contributed by atoms with Crippen LogP contribution in [0.25, 0.3) is 0 Å². The van der Waals surface area contributed by atoms with Gasteiger partial charge in [0.1, 0.15) is 6.61 Å². The van der Waals surface area contributed by atoms with Gasteiger partial charge in [0.05, 0.1) is 12.0 Å². The van der Waals surface area contributed by atoms with Crippen LogP contribution in [0.5, 0.6) is 0 Å². The quantitative estimate of drug-likeness (QED) is 0.429. The first-order valence-electron chi connectivity index (χ1n) is 13.6. The largest absolute Gasteiger partial charge is 0.461 e. The van der Waals surface area contributed by atoms with Crippen molar-refractivity contribution >= 4 is 11.9 Å². The molecule has 0 spiro atoms. The predicted molar refractivity (Wildman–Crippen MR) is 146 cm³/mol. The molecule has 2 aliphatic heterocycles. The number of nitrogens with one attached hydrogen (secondary N) is 1. The summed E-state index contributed by atoms with van der Waals surface area (Å²) in [6, 6.07) is 27.7. The predicted octanol–water partition coefficient (Wildman–Crippen LogP) is 4.68. The molecule has 3 aromatic rings. The summed E-state index contributed by atoms with van der Waals surface area (Å²) in [5.74, 6) is -0.324. The smallest absolute Gasteiger partial charge is 0.309 e. The van der Waals surface area contributed by atoms with Crippen LogP contribution in [0.15, 0.2) is 84.9 Å². The summed E-state index contributed by atoms with van der Waals surface area (Å²) in [7, 11) is 0. The molecule has 0 radical (unpaired) electrons. The van der Waals surface area contributed by atoms with Crippen LogP contribution >= 0.6 is 0 Å². The summed E-state index contributed by atoms with van der Waals surface area (Å²) in [6.45, 7) is 1.40. The Morgan fingerprint density at radius 1 is 0.842 bits per heavy atom. The highest BCUT2D eigenvalue weighted by atomic mass is 16.5. The van der Waals surface area contributed by atoms with E-state index in [4.69, 9.17) is 4.74 Å². The van der Waals surface area contributed by atoms with Crippen LogP contribution in [0.2, 0.25) is 0 Å². The first-order chi connectivity index (χ1) is 18.6. The maximum Gasteiger partial charge on any atom is 0.309 e. The van der Waals surface area contributed by atoms with E-state index < -0.39 is 6.10 Å². The summed E-state index contributed by atoms with van der Waals surface area (Å²) in [5, 5.41) is 14.3. The van der Waals surface area contributed by atoms with Crippen molar-refractivity contribution in [2.45, 2.75) is 56.9 Å². The van der Waals surface area contributed by atoms with Gasteiger partial charge in [-0.15, -0.1) is 0 Å². The van der Waals surface area contributed by atoms with Crippen molar-refractivity contribution in [1.82, 2.24) is 10.2 Å². The van der Waals surface area contributed by atoms with Crippen molar-refractivity contribution in [2.75, 3.05) is 13.1 Å². The lowest BCUT2D eigenvalue weighted by Gasteiger charge is -2.31. The third-order valence-electron chi connectivity index (χ3n) is 7.82. The third-order valence-corrected chi connectivity index (χ3v) is 7.82. The minimum absolute atomic E-state index is 0.0118. The molecule has 6 nitrogen and oxygen atoms in total. The Kier molecular flexibility index (Phi) is 8.51. The standard InChI is InChI=1S/C32H36N2O4/c35-30(25-9-5-2-6-10-25)29-16-15-28(33-29)21-23-11-13-26(14-12-23)31(36)34-19-17-27(18-20-34)32(37)38-22-24-7-3-1-4-8-24/h1-14,27-30,33,35H,15-22H2/t28-,29+,30+/m0/s1. The topological polar surface area (TPSA) is 78.9 Å². The van der Waals surface area contributed by atoms with E-state index in [2.05, 4.69) is 5.32 Å². The second-order valence-electron chi connectivity index (χ2n) is 10.5. The van der Waals surface area contributed by atoms with Gasteiger partial charge in [0.2, 0.25) is 0 Å². The lowest BCUT2D eigenvalue weighted by atomic mass is 9.96. The minimum atomic E-state index is -0.504. The first-order valence-corrected chi connectivity index (χ1v) is 13.6.